The largest absolute Gasteiger partial charge is 0.449 e. The second-order valence-electron chi connectivity index (χ2n) is 7.08. The predicted octanol–water partition coefficient (Wildman–Crippen LogP) is 3.34. The van der Waals surface area contributed by atoms with E-state index in [1.165, 1.54) is 19.1 Å². The van der Waals surface area contributed by atoms with Crippen LogP contribution in [-0.4, -0.2) is 32.7 Å². The average Bonchev–Trinajstić information content (AvgIpc) is 2.56. The van der Waals surface area contributed by atoms with E-state index < -0.39 is 27.8 Å². The molecular weight excluding hydrogens is 378 g/mol. The van der Waals surface area contributed by atoms with Crippen LogP contribution in [0, 0.1) is 20.8 Å². The number of ether oxygens (including phenoxy) is 1. The number of rotatable bonds is 6. The van der Waals surface area contributed by atoms with Crippen LogP contribution >= 0.6 is 0 Å². The summed E-state index contributed by atoms with van der Waals surface area (Å²) in [5.74, 6) is -1.17. The molecular formula is C21H25NO5S. The summed E-state index contributed by atoms with van der Waals surface area (Å²) in [5.41, 5.74) is 4.52. The van der Waals surface area contributed by atoms with Gasteiger partial charge in [0.15, 0.2) is 15.9 Å². The van der Waals surface area contributed by atoms with Gasteiger partial charge in [-0.15, -0.1) is 0 Å². The molecule has 28 heavy (non-hydrogen) atoms. The number of benzene rings is 2. The van der Waals surface area contributed by atoms with Crippen molar-refractivity contribution in [1.29, 1.82) is 0 Å². The molecule has 2 aromatic carbocycles. The van der Waals surface area contributed by atoms with Gasteiger partial charge in [0.1, 0.15) is 0 Å². The highest BCUT2D eigenvalue weighted by atomic mass is 32.2. The maximum Gasteiger partial charge on any atom is 0.338 e. The van der Waals surface area contributed by atoms with Gasteiger partial charge >= 0.3 is 5.97 Å². The quantitative estimate of drug-likeness (QED) is 0.747. The lowest BCUT2D eigenvalue weighted by Crippen LogP contribution is -2.30. The highest BCUT2D eigenvalue weighted by Gasteiger charge is 2.20. The van der Waals surface area contributed by atoms with Crippen molar-refractivity contribution in [2.24, 2.45) is 0 Å². The molecule has 0 heterocycles. The lowest BCUT2D eigenvalue weighted by molar-refractivity contribution is -0.123. The number of hydrogen-bond donors (Lipinski definition) is 1. The van der Waals surface area contributed by atoms with Gasteiger partial charge < -0.3 is 10.1 Å². The first-order valence-electron chi connectivity index (χ1n) is 8.82. The van der Waals surface area contributed by atoms with E-state index in [9.17, 15) is 18.0 Å². The fourth-order valence-corrected chi connectivity index (χ4v) is 3.72. The minimum Gasteiger partial charge on any atom is -0.449 e. The summed E-state index contributed by atoms with van der Waals surface area (Å²) < 4.78 is 27.9. The molecule has 2 aromatic rings. The van der Waals surface area contributed by atoms with Crippen molar-refractivity contribution in [2.45, 2.75) is 39.6 Å². The van der Waals surface area contributed by atoms with Gasteiger partial charge in [0.25, 0.3) is 5.91 Å². The van der Waals surface area contributed by atoms with Gasteiger partial charge in [0.05, 0.1) is 11.3 Å². The first-order chi connectivity index (χ1) is 13.0. The molecule has 0 aliphatic carbocycles. The molecule has 150 valence electrons. The lowest BCUT2D eigenvalue weighted by Gasteiger charge is -2.17. The molecule has 0 aliphatic rings. The number of sulfone groups is 1. The molecule has 0 aromatic heterocycles. The molecule has 1 atom stereocenters. The van der Waals surface area contributed by atoms with E-state index in [1.54, 1.807) is 12.1 Å². The van der Waals surface area contributed by atoms with E-state index in [2.05, 4.69) is 5.32 Å². The van der Waals surface area contributed by atoms with Crippen LogP contribution < -0.4 is 5.32 Å². The summed E-state index contributed by atoms with van der Waals surface area (Å²) in [4.78, 5) is 24.7. The molecule has 0 unspecified atom stereocenters. The number of amides is 1. The maximum absolute atomic E-state index is 12.4. The van der Waals surface area contributed by atoms with Crippen molar-refractivity contribution in [2.75, 3.05) is 11.6 Å². The summed E-state index contributed by atoms with van der Waals surface area (Å²) in [6.07, 6.45) is 0.163. The first kappa shape index (κ1) is 21.6. The van der Waals surface area contributed by atoms with Crippen molar-refractivity contribution in [1.82, 2.24) is 0 Å². The number of esters is 1. The zero-order valence-corrected chi connectivity index (χ0v) is 17.5. The lowest BCUT2D eigenvalue weighted by atomic mass is 10.0. The van der Waals surface area contributed by atoms with E-state index in [4.69, 9.17) is 4.74 Å². The van der Waals surface area contributed by atoms with Crippen LogP contribution in [0.1, 0.15) is 39.5 Å². The van der Waals surface area contributed by atoms with Gasteiger partial charge in [-0.3, -0.25) is 4.79 Å². The fourth-order valence-electron chi connectivity index (χ4n) is 2.92. The van der Waals surface area contributed by atoms with Gasteiger partial charge in [-0.25, -0.2) is 13.2 Å². The van der Waals surface area contributed by atoms with Crippen LogP contribution in [0.25, 0.3) is 0 Å². The summed E-state index contributed by atoms with van der Waals surface area (Å²) in [6.45, 7) is 7.30. The van der Waals surface area contributed by atoms with Gasteiger partial charge in [0, 0.05) is 11.9 Å². The van der Waals surface area contributed by atoms with Gasteiger partial charge in [-0.2, -0.15) is 0 Å². The molecule has 1 N–H and O–H groups in total. The van der Waals surface area contributed by atoms with Gasteiger partial charge in [0.2, 0.25) is 0 Å². The summed E-state index contributed by atoms with van der Waals surface area (Å²) >= 11 is 0. The molecule has 0 aliphatic heterocycles. The molecule has 6 nitrogen and oxygen atoms in total. The van der Waals surface area contributed by atoms with Crippen LogP contribution in [0.5, 0.6) is 0 Å². The highest BCUT2D eigenvalue weighted by Crippen LogP contribution is 2.22. The average molecular weight is 404 g/mol. The highest BCUT2D eigenvalue weighted by molar-refractivity contribution is 7.89. The Kier molecular flexibility index (Phi) is 6.61. The zero-order valence-electron chi connectivity index (χ0n) is 16.7. The van der Waals surface area contributed by atoms with Crippen LogP contribution in [0.3, 0.4) is 0 Å². The van der Waals surface area contributed by atoms with Crippen molar-refractivity contribution >= 4 is 27.4 Å². The summed E-state index contributed by atoms with van der Waals surface area (Å²) in [7, 11) is -3.15. The Labute approximate surface area is 165 Å². The number of carbonyl (C=O) groups excluding carboxylic acids is 2. The standard InChI is InChI=1S/C21H25NO5S/c1-13-10-14(2)19(15(3)11-13)22-20(23)16(4)27-21(24)18-8-6-17(7-9-18)12-28(5,25)26/h6-11,16H,12H2,1-5H3,(H,22,23)/t16-/m0/s1. The van der Waals surface area contributed by atoms with Crippen molar-refractivity contribution in [3.05, 3.63) is 64.2 Å². The topological polar surface area (TPSA) is 89.5 Å². The summed E-state index contributed by atoms with van der Waals surface area (Å²) in [5, 5.41) is 2.81. The number of nitrogens with one attached hydrogen (secondary N) is 1. The van der Waals surface area contributed by atoms with E-state index in [-0.39, 0.29) is 11.3 Å². The van der Waals surface area contributed by atoms with E-state index >= 15 is 0 Å². The minimum absolute atomic E-state index is 0.101. The maximum atomic E-state index is 12.4. The Bertz CT molecular complexity index is 971. The van der Waals surface area contributed by atoms with Crippen LogP contribution in [0.4, 0.5) is 5.69 Å². The number of carbonyl (C=O) groups is 2. The number of aryl methyl sites for hydroxylation is 3. The minimum atomic E-state index is -3.15. The molecule has 2 rings (SSSR count). The third-order valence-corrected chi connectivity index (χ3v) is 5.05. The third-order valence-electron chi connectivity index (χ3n) is 4.20. The van der Waals surface area contributed by atoms with E-state index in [1.807, 2.05) is 32.9 Å². The molecule has 0 fully saturated rings. The first-order valence-corrected chi connectivity index (χ1v) is 10.9. The monoisotopic (exact) mass is 403 g/mol. The molecule has 0 radical (unpaired) electrons. The van der Waals surface area contributed by atoms with Crippen LogP contribution in [-0.2, 0) is 25.1 Å². The SMILES string of the molecule is Cc1cc(C)c(NC(=O)[C@H](C)OC(=O)c2ccc(CS(C)(=O)=O)cc2)c(C)c1. The summed E-state index contributed by atoms with van der Waals surface area (Å²) in [6, 6.07) is 10.0. The third kappa shape index (κ3) is 5.92. The van der Waals surface area contributed by atoms with Crippen LogP contribution in [0.2, 0.25) is 0 Å². The van der Waals surface area contributed by atoms with Gasteiger partial charge in [-0.1, -0.05) is 29.8 Å². The Morgan fingerprint density at radius 2 is 1.57 bits per heavy atom. The predicted molar refractivity (Wildman–Crippen MR) is 109 cm³/mol. The molecule has 0 spiro atoms. The second kappa shape index (κ2) is 8.56. The molecule has 7 heteroatoms. The molecule has 0 saturated carbocycles. The smallest absolute Gasteiger partial charge is 0.338 e. The van der Waals surface area contributed by atoms with Crippen LogP contribution in [0.15, 0.2) is 36.4 Å². The van der Waals surface area contributed by atoms with Crippen molar-refractivity contribution < 1.29 is 22.7 Å². The fraction of sp³-hybridized carbons (Fsp3) is 0.333. The normalized spacial score (nSPS) is 12.3. The van der Waals surface area contributed by atoms with Crippen molar-refractivity contribution in [3.8, 4) is 0 Å². The zero-order chi connectivity index (χ0) is 21.1. The van der Waals surface area contributed by atoms with E-state index in [0.29, 0.717) is 11.3 Å². The Balaban J connectivity index is 2.03. The van der Waals surface area contributed by atoms with Crippen molar-refractivity contribution in [3.63, 3.8) is 0 Å². The number of hydrogen-bond acceptors (Lipinski definition) is 5. The molecule has 0 saturated heterocycles. The Hall–Kier alpha value is -2.67. The Morgan fingerprint density at radius 3 is 2.07 bits per heavy atom. The molecule has 1 amide bonds. The Morgan fingerprint density at radius 1 is 1.04 bits per heavy atom. The number of anilines is 1. The molecule has 0 bridgehead atoms. The van der Waals surface area contributed by atoms with E-state index in [0.717, 1.165) is 22.9 Å². The second-order valence-corrected chi connectivity index (χ2v) is 9.22. The van der Waals surface area contributed by atoms with Gasteiger partial charge in [-0.05, 0) is 56.5 Å².